The third-order valence-corrected chi connectivity index (χ3v) is 3.85. The molecule has 1 aromatic carbocycles. The van der Waals surface area contributed by atoms with Gasteiger partial charge < -0.3 is 10.1 Å². The zero-order valence-corrected chi connectivity index (χ0v) is 12.2. The first kappa shape index (κ1) is 13.7. The third kappa shape index (κ3) is 3.18. The summed E-state index contributed by atoms with van der Waals surface area (Å²) in [5, 5.41) is 4.29. The Morgan fingerprint density at radius 1 is 1.44 bits per heavy atom. The summed E-state index contributed by atoms with van der Waals surface area (Å²) < 4.78 is 5.95. The zero-order valence-electron chi connectivity index (χ0n) is 11.4. The molecule has 0 aromatic heterocycles. The average molecular weight is 268 g/mol. The van der Waals surface area contributed by atoms with E-state index in [9.17, 15) is 0 Å². The average Bonchev–Trinajstić information content (AvgIpc) is 2.80. The Kier molecular flexibility index (Phi) is 4.52. The summed E-state index contributed by atoms with van der Waals surface area (Å²) in [5.41, 5.74) is 2.28. The molecule has 3 heteroatoms. The van der Waals surface area contributed by atoms with Crippen LogP contribution in [-0.4, -0.2) is 19.2 Å². The molecule has 1 aromatic rings. The molecule has 0 spiro atoms. The molecule has 1 heterocycles. The van der Waals surface area contributed by atoms with Gasteiger partial charge in [-0.15, -0.1) is 0 Å². The van der Waals surface area contributed by atoms with Crippen molar-refractivity contribution < 1.29 is 4.74 Å². The van der Waals surface area contributed by atoms with E-state index >= 15 is 0 Å². The van der Waals surface area contributed by atoms with Crippen LogP contribution in [0.15, 0.2) is 12.1 Å². The SMILES string of the molecule is Cc1cc(Cl)c(C(C)C)cc1OC[C@H]1CCCN1. The second-order valence-corrected chi connectivity index (χ2v) is 5.81. The van der Waals surface area contributed by atoms with Crippen LogP contribution in [0, 0.1) is 6.92 Å². The first-order valence-electron chi connectivity index (χ1n) is 6.74. The Labute approximate surface area is 115 Å². The van der Waals surface area contributed by atoms with E-state index in [1.54, 1.807) is 0 Å². The van der Waals surface area contributed by atoms with Crippen LogP contribution in [0.4, 0.5) is 0 Å². The Morgan fingerprint density at radius 3 is 2.83 bits per heavy atom. The van der Waals surface area contributed by atoms with Crippen molar-refractivity contribution in [3.63, 3.8) is 0 Å². The minimum atomic E-state index is 0.421. The molecule has 1 fully saturated rings. The molecule has 1 aliphatic rings. The molecule has 0 unspecified atom stereocenters. The van der Waals surface area contributed by atoms with Gasteiger partial charge in [0.2, 0.25) is 0 Å². The van der Waals surface area contributed by atoms with Gasteiger partial charge in [-0.25, -0.2) is 0 Å². The van der Waals surface area contributed by atoms with Gasteiger partial charge in [-0.2, -0.15) is 0 Å². The molecule has 18 heavy (non-hydrogen) atoms. The quantitative estimate of drug-likeness (QED) is 0.893. The van der Waals surface area contributed by atoms with Gasteiger partial charge in [-0.3, -0.25) is 0 Å². The molecule has 0 saturated carbocycles. The number of hydrogen-bond donors (Lipinski definition) is 1. The van der Waals surface area contributed by atoms with Crippen molar-refractivity contribution in [2.45, 2.75) is 45.6 Å². The summed E-state index contributed by atoms with van der Waals surface area (Å²) in [4.78, 5) is 0. The van der Waals surface area contributed by atoms with E-state index in [1.165, 1.54) is 12.8 Å². The van der Waals surface area contributed by atoms with Crippen LogP contribution >= 0.6 is 11.6 Å². The van der Waals surface area contributed by atoms with Gasteiger partial charge in [0.25, 0.3) is 0 Å². The molecule has 0 radical (unpaired) electrons. The summed E-state index contributed by atoms with van der Waals surface area (Å²) in [6, 6.07) is 4.61. The van der Waals surface area contributed by atoms with Crippen molar-refractivity contribution in [3.05, 3.63) is 28.3 Å². The highest BCUT2D eigenvalue weighted by Gasteiger charge is 2.16. The van der Waals surface area contributed by atoms with Crippen LogP contribution in [-0.2, 0) is 0 Å². The monoisotopic (exact) mass is 267 g/mol. The normalized spacial score (nSPS) is 19.5. The molecule has 1 aliphatic heterocycles. The largest absolute Gasteiger partial charge is 0.492 e. The summed E-state index contributed by atoms with van der Waals surface area (Å²) in [5.74, 6) is 1.39. The first-order chi connectivity index (χ1) is 8.58. The number of nitrogens with one attached hydrogen (secondary N) is 1. The highest BCUT2D eigenvalue weighted by atomic mass is 35.5. The maximum atomic E-state index is 6.26. The topological polar surface area (TPSA) is 21.3 Å². The van der Waals surface area contributed by atoms with E-state index in [0.717, 1.165) is 35.1 Å². The smallest absolute Gasteiger partial charge is 0.122 e. The zero-order chi connectivity index (χ0) is 13.1. The van der Waals surface area contributed by atoms with Crippen molar-refractivity contribution >= 4 is 11.6 Å². The number of rotatable bonds is 4. The Bertz CT molecular complexity index is 411. The van der Waals surface area contributed by atoms with Gasteiger partial charge in [-0.05, 0) is 55.5 Å². The van der Waals surface area contributed by atoms with Gasteiger partial charge >= 0.3 is 0 Å². The predicted octanol–water partition coefficient (Wildman–Crippen LogP) is 3.90. The van der Waals surface area contributed by atoms with Crippen molar-refractivity contribution in [2.24, 2.45) is 0 Å². The van der Waals surface area contributed by atoms with Gasteiger partial charge in [0.15, 0.2) is 0 Å². The van der Waals surface area contributed by atoms with Crippen molar-refractivity contribution in [2.75, 3.05) is 13.2 Å². The van der Waals surface area contributed by atoms with Crippen molar-refractivity contribution in [1.82, 2.24) is 5.32 Å². The Hall–Kier alpha value is -0.730. The van der Waals surface area contributed by atoms with Crippen LogP contribution in [0.3, 0.4) is 0 Å². The number of hydrogen-bond acceptors (Lipinski definition) is 2. The minimum Gasteiger partial charge on any atom is -0.492 e. The van der Waals surface area contributed by atoms with E-state index in [4.69, 9.17) is 16.3 Å². The summed E-state index contributed by atoms with van der Waals surface area (Å²) >= 11 is 6.26. The molecule has 0 amide bonds. The fraction of sp³-hybridized carbons (Fsp3) is 0.600. The minimum absolute atomic E-state index is 0.421. The van der Waals surface area contributed by atoms with Crippen molar-refractivity contribution in [1.29, 1.82) is 0 Å². The van der Waals surface area contributed by atoms with Crippen LogP contribution in [0.25, 0.3) is 0 Å². The van der Waals surface area contributed by atoms with Gasteiger partial charge in [0, 0.05) is 11.1 Å². The lowest BCUT2D eigenvalue weighted by Gasteiger charge is -2.17. The molecule has 100 valence electrons. The lowest BCUT2D eigenvalue weighted by Crippen LogP contribution is -2.28. The predicted molar refractivity (Wildman–Crippen MR) is 76.8 cm³/mol. The second kappa shape index (κ2) is 5.94. The maximum absolute atomic E-state index is 6.26. The molecule has 0 bridgehead atoms. The molecular weight excluding hydrogens is 246 g/mol. The van der Waals surface area contributed by atoms with Crippen molar-refractivity contribution in [3.8, 4) is 5.75 Å². The third-order valence-electron chi connectivity index (χ3n) is 3.52. The summed E-state index contributed by atoms with van der Waals surface area (Å²) in [7, 11) is 0. The fourth-order valence-electron chi connectivity index (χ4n) is 2.36. The molecular formula is C15H22ClNO. The standard InChI is InChI=1S/C15H22ClNO/c1-10(2)13-8-15(11(3)7-14(13)16)18-9-12-5-4-6-17-12/h7-8,10,12,17H,4-6,9H2,1-3H3/t12-/m1/s1. The van der Waals surface area contributed by atoms with E-state index in [2.05, 4.69) is 25.2 Å². The lowest BCUT2D eigenvalue weighted by atomic mass is 10.0. The fourth-order valence-corrected chi connectivity index (χ4v) is 2.79. The lowest BCUT2D eigenvalue weighted by molar-refractivity contribution is 0.275. The number of halogens is 1. The number of benzene rings is 1. The van der Waals surface area contributed by atoms with E-state index < -0.39 is 0 Å². The Morgan fingerprint density at radius 2 is 2.22 bits per heavy atom. The summed E-state index contributed by atoms with van der Waals surface area (Å²) in [6.45, 7) is 8.22. The van der Waals surface area contributed by atoms with Crippen LogP contribution < -0.4 is 10.1 Å². The molecule has 1 N–H and O–H groups in total. The molecule has 0 aliphatic carbocycles. The van der Waals surface area contributed by atoms with E-state index in [1.807, 2.05) is 13.0 Å². The van der Waals surface area contributed by atoms with E-state index in [-0.39, 0.29) is 0 Å². The molecule has 1 saturated heterocycles. The number of ether oxygens (including phenoxy) is 1. The number of aryl methyl sites for hydroxylation is 1. The highest BCUT2D eigenvalue weighted by Crippen LogP contribution is 2.31. The molecule has 1 atom stereocenters. The highest BCUT2D eigenvalue weighted by molar-refractivity contribution is 6.31. The van der Waals surface area contributed by atoms with Gasteiger partial charge in [0.1, 0.15) is 12.4 Å². The maximum Gasteiger partial charge on any atom is 0.122 e. The van der Waals surface area contributed by atoms with Gasteiger partial charge in [0.05, 0.1) is 0 Å². The second-order valence-electron chi connectivity index (χ2n) is 5.40. The first-order valence-corrected chi connectivity index (χ1v) is 7.12. The van der Waals surface area contributed by atoms with E-state index in [0.29, 0.717) is 12.0 Å². The van der Waals surface area contributed by atoms with Crippen LogP contribution in [0.2, 0.25) is 5.02 Å². The molecule has 2 nitrogen and oxygen atoms in total. The molecule has 2 rings (SSSR count). The van der Waals surface area contributed by atoms with Gasteiger partial charge in [-0.1, -0.05) is 25.4 Å². The Balaban J connectivity index is 2.08. The van der Waals surface area contributed by atoms with Crippen LogP contribution in [0.5, 0.6) is 5.75 Å². The van der Waals surface area contributed by atoms with Crippen LogP contribution in [0.1, 0.15) is 43.7 Å². The summed E-state index contributed by atoms with van der Waals surface area (Å²) in [6.07, 6.45) is 2.47.